The highest BCUT2D eigenvalue weighted by molar-refractivity contribution is 5.79. The number of carbonyl (C=O) groups is 1. The number of aryl methyl sites for hydroxylation is 1. The monoisotopic (exact) mass is 357 g/mol. The number of hydrogen-bond acceptors (Lipinski definition) is 6. The van der Waals surface area contributed by atoms with Crippen LogP contribution in [0, 0.1) is 6.92 Å². The molecule has 1 atom stereocenters. The van der Waals surface area contributed by atoms with Gasteiger partial charge >= 0.3 is 0 Å². The molecule has 1 fully saturated rings. The van der Waals surface area contributed by atoms with Crippen molar-refractivity contribution in [1.29, 1.82) is 0 Å². The summed E-state index contributed by atoms with van der Waals surface area (Å²) in [4.78, 5) is 16.4. The predicted octanol–water partition coefficient (Wildman–Crippen LogP) is 2.38. The van der Waals surface area contributed by atoms with E-state index in [4.69, 9.17) is 9.26 Å². The molecule has 1 aliphatic carbocycles. The summed E-state index contributed by atoms with van der Waals surface area (Å²) < 4.78 is 10.5. The average molecular weight is 357 g/mol. The van der Waals surface area contributed by atoms with Crippen LogP contribution in [0.2, 0.25) is 0 Å². The molecular weight excluding hydrogens is 334 g/mol. The molecule has 4 rings (SSSR count). The molecule has 1 N–H and O–H groups in total. The van der Waals surface area contributed by atoms with Gasteiger partial charge in [0.1, 0.15) is 17.2 Å². The number of ether oxygens (including phenoxy) is 1. The molecule has 0 spiro atoms. The molecular formula is C19H23N3O4. The van der Waals surface area contributed by atoms with Crippen LogP contribution in [-0.4, -0.2) is 40.8 Å². The molecule has 0 radical (unpaired) electrons. The quantitative estimate of drug-likeness (QED) is 0.905. The van der Waals surface area contributed by atoms with Crippen LogP contribution in [0.3, 0.4) is 0 Å². The Morgan fingerprint density at radius 3 is 2.81 bits per heavy atom. The highest BCUT2D eigenvalue weighted by Crippen LogP contribution is 2.37. The standard InChI is InChI=1S/C19H23N3O4/c1-12-9-16(20-26-12)19(24)21-8-7-18(23)22(14-3-4-14)11-13-10-15(25-2)5-6-17(13)21/h5-6,9-10,14,19,24H,3-4,7-8,11H2,1-2H3. The molecule has 0 bridgehead atoms. The lowest BCUT2D eigenvalue weighted by Crippen LogP contribution is -2.40. The Morgan fingerprint density at radius 2 is 2.15 bits per heavy atom. The topological polar surface area (TPSA) is 79.0 Å². The molecule has 138 valence electrons. The fourth-order valence-corrected chi connectivity index (χ4v) is 3.49. The third-order valence-electron chi connectivity index (χ3n) is 5.02. The zero-order chi connectivity index (χ0) is 18.3. The van der Waals surface area contributed by atoms with Crippen LogP contribution in [-0.2, 0) is 11.3 Å². The van der Waals surface area contributed by atoms with Gasteiger partial charge in [-0.25, -0.2) is 0 Å². The summed E-state index contributed by atoms with van der Waals surface area (Å²) in [5.41, 5.74) is 2.29. The van der Waals surface area contributed by atoms with Gasteiger partial charge in [-0.3, -0.25) is 4.79 Å². The van der Waals surface area contributed by atoms with Gasteiger partial charge in [0.05, 0.1) is 7.11 Å². The second-order valence-corrected chi connectivity index (χ2v) is 6.93. The highest BCUT2D eigenvalue weighted by Gasteiger charge is 2.35. The van der Waals surface area contributed by atoms with E-state index in [1.807, 2.05) is 28.0 Å². The number of nitrogens with zero attached hydrogens (tertiary/aromatic N) is 3. The van der Waals surface area contributed by atoms with Crippen molar-refractivity contribution in [2.75, 3.05) is 18.6 Å². The maximum atomic E-state index is 12.7. The first kappa shape index (κ1) is 16.9. The van der Waals surface area contributed by atoms with Gasteiger partial charge in [-0.05, 0) is 43.5 Å². The SMILES string of the molecule is COc1ccc2c(c1)CN(C1CC1)C(=O)CCN2C(O)c1cc(C)on1. The minimum Gasteiger partial charge on any atom is -0.497 e. The lowest BCUT2D eigenvalue weighted by atomic mass is 10.1. The van der Waals surface area contributed by atoms with Crippen molar-refractivity contribution in [2.45, 2.75) is 45.0 Å². The van der Waals surface area contributed by atoms with Crippen molar-refractivity contribution < 1.29 is 19.2 Å². The first-order valence-electron chi connectivity index (χ1n) is 8.91. The highest BCUT2D eigenvalue weighted by atomic mass is 16.5. The second kappa shape index (κ2) is 6.64. The van der Waals surface area contributed by atoms with Crippen LogP contribution in [0.1, 0.15) is 42.5 Å². The van der Waals surface area contributed by atoms with Gasteiger partial charge in [-0.1, -0.05) is 5.16 Å². The number of rotatable bonds is 4. The van der Waals surface area contributed by atoms with E-state index in [0.29, 0.717) is 37.0 Å². The molecule has 1 saturated carbocycles. The van der Waals surface area contributed by atoms with E-state index in [0.717, 1.165) is 29.8 Å². The number of carbonyl (C=O) groups excluding carboxylic acids is 1. The van der Waals surface area contributed by atoms with Crippen LogP contribution in [0.5, 0.6) is 5.75 Å². The first-order chi connectivity index (χ1) is 12.6. The first-order valence-corrected chi connectivity index (χ1v) is 8.91. The molecule has 7 heteroatoms. The maximum Gasteiger partial charge on any atom is 0.224 e. The summed E-state index contributed by atoms with van der Waals surface area (Å²) in [7, 11) is 1.62. The van der Waals surface area contributed by atoms with Gasteiger partial charge in [0.25, 0.3) is 0 Å². The van der Waals surface area contributed by atoms with E-state index in [9.17, 15) is 9.90 Å². The second-order valence-electron chi connectivity index (χ2n) is 6.93. The zero-order valence-electron chi connectivity index (χ0n) is 15.0. The van der Waals surface area contributed by atoms with Crippen molar-refractivity contribution in [3.63, 3.8) is 0 Å². The van der Waals surface area contributed by atoms with Crippen molar-refractivity contribution in [1.82, 2.24) is 10.1 Å². The number of fused-ring (bicyclic) bond motifs is 1. The van der Waals surface area contributed by atoms with Crippen molar-refractivity contribution in [3.05, 3.63) is 41.3 Å². The summed E-state index contributed by atoms with van der Waals surface area (Å²) in [5.74, 6) is 1.49. The van der Waals surface area contributed by atoms with Gasteiger partial charge in [0, 0.05) is 37.3 Å². The van der Waals surface area contributed by atoms with Gasteiger partial charge in [-0.2, -0.15) is 0 Å². The molecule has 0 saturated heterocycles. The number of benzene rings is 1. The molecule has 1 aromatic heterocycles. The third-order valence-corrected chi connectivity index (χ3v) is 5.02. The van der Waals surface area contributed by atoms with E-state index >= 15 is 0 Å². The summed E-state index contributed by atoms with van der Waals surface area (Å²) in [6.45, 7) is 2.72. The normalized spacial score (nSPS) is 19.0. The fraction of sp³-hybridized carbons (Fsp3) is 0.474. The molecule has 1 aromatic carbocycles. The summed E-state index contributed by atoms with van der Waals surface area (Å²) in [5, 5.41) is 14.8. The van der Waals surface area contributed by atoms with Crippen molar-refractivity contribution in [2.24, 2.45) is 0 Å². The van der Waals surface area contributed by atoms with Gasteiger partial charge in [-0.15, -0.1) is 0 Å². The largest absolute Gasteiger partial charge is 0.497 e. The Hall–Kier alpha value is -2.54. The average Bonchev–Trinajstić information content (AvgIpc) is 3.38. The Labute approximate surface area is 152 Å². The lowest BCUT2D eigenvalue weighted by Gasteiger charge is -2.35. The van der Waals surface area contributed by atoms with E-state index in [1.54, 1.807) is 20.1 Å². The molecule has 1 amide bonds. The number of aliphatic hydroxyl groups is 1. The number of hydrogen-bond donors (Lipinski definition) is 1. The van der Waals surface area contributed by atoms with Crippen LogP contribution in [0.25, 0.3) is 0 Å². The number of aromatic nitrogens is 1. The van der Waals surface area contributed by atoms with Crippen LogP contribution in [0.15, 0.2) is 28.8 Å². The number of aliphatic hydroxyl groups excluding tert-OH is 1. The summed E-state index contributed by atoms with van der Waals surface area (Å²) in [6, 6.07) is 7.81. The summed E-state index contributed by atoms with van der Waals surface area (Å²) in [6.07, 6.45) is 1.51. The van der Waals surface area contributed by atoms with Gasteiger partial charge in [0.2, 0.25) is 5.91 Å². The molecule has 2 aliphatic rings. The third kappa shape index (κ3) is 3.14. The lowest BCUT2D eigenvalue weighted by molar-refractivity contribution is -0.132. The molecule has 7 nitrogen and oxygen atoms in total. The number of methoxy groups -OCH3 is 1. The van der Waals surface area contributed by atoms with E-state index in [1.165, 1.54) is 0 Å². The Bertz CT molecular complexity index is 815. The van der Waals surface area contributed by atoms with E-state index in [2.05, 4.69) is 5.16 Å². The number of anilines is 1. The Morgan fingerprint density at radius 1 is 1.35 bits per heavy atom. The molecule has 2 aromatic rings. The maximum absolute atomic E-state index is 12.7. The molecule has 26 heavy (non-hydrogen) atoms. The molecule has 1 unspecified atom stereocenters. The van der Waals surface area contributed by atoms with Crippen LogP contribution >= 0.6 is 0 Å². The fourth-order valence-electron chi connectivity index (χ4n) is 3.49. The Balaban J connectivity index is 1.73. The van der Waals surface area contributed by atoms with E-state index < -0.39 is 6.23 Å². The zero-order valence-corrected chi connectivity index (χ0v) is 15.0. The predicted molar refractivity (Wildman–Crippen MR) is 94.7 cm³/mol. The van der Waals surface area contributed by atoms with Crippen molar-refractivity contribution >= 4 is 11.6 Å². The van der Waals surface area contributed by atoms with Crippen molar-refractivity contribution in [3.8, 4) is 5.75 Å². The minimum atomic E-state index is -0.972. The van der Waals surface area contributed by atoms with E-state index in [-0.39, 0.29) is 5.91 Å². The van der Waals surface area contributed by atoms with Crippen LogP contribution < -0.4 is 9.64 Å². The molecule has 2 heterocycles. The van der Waals surface area contributed by atoms with Gasteiger partial charge < -0.3 is 24.2 Å². The Kier molecular flexibility index (Phi) is 4.32. The minimum absolute atomic E-state index is 0.120. The molecule has 1 aliphatic heterocycles. The number of amides is 1. The van der Waals surface area contributed by atoms with Gasteiger partial charge in [0.15, 0.2) is 6.23 Å². The van der Waals surface area contributed by atoms with Crippen LogP contribution in [0.4, 0.5) is 5.69 Å². The smallest absolute Gasteiger partial charge is 0.224 e. The summed E-state index contributed by atoms with van der Waals surface area (Å²) >= 11 is 0.